The van der Waals surface area contributed by atoms with Gasteiger partial charge in [0.05, 0.1) is 16.8 Å². The average molecular weight is 469 g/mol. The third kappa shape index (κ3) is 6.40. The van der Waals surface area contributed by atoms with Gasteiger partial charge in [0.25, 0.3) is 0 Å². The molecule has 0 spiro atoms. The number of hydrogen-bond donors (Lipinski definition) is 0. The molecular weight excluding hydrogens is 451 g/mol. The molecule has 0 radical (unpaired) electrons. The van der Waals surface area contributed by atoms with E-state index in [1.807, 2.05) is 0 Å². The van der Waals surface area contributed by atoms with Crippen LogP contribution in [0.2, 0.25) is 0 Å². The number of ketones is 1. The normalized spacial score (nSPS) is 13.1. The van der Waals surface area contributed by atoms with Gasteiger partial charge in [0.2, 0.25) is 0 Å². The summed E-state index contributed by atoms with van der Waals surface area (Å²) in [7, 11) is 0. The summed E-state index contributed by atoms with van der Waals surface area (Å²) in [6.45, 7) is 0. The number of hydrogen-bond acceptors (Lipinski definition) is 2. The SMILES string of the molecule is O=C(CCc1ccc(F)cc1)C[C@@H](c1ccc(C(F)(F)F)cc1)c1ncccc1C(F)(F)F. The van der Waals surface area contributed by atoms with Crippen LogP contribution in [0.15, 0.2) is 66.9 Å². The Balaban J connectivity index is 1.91. The van der Waals surface area contributed by atoms with Crippen LogP contribution >= 0.6 is 0 Å². The number of carbonyl (C=O) groups excluding carboxylic acids is 1. The number of rotatable bonds is 7. The molecule has 1 aromatic heterocycles. The highest BCUT2D eigenvalue weighted by molar-refractivity contribution is 5.80. The molecule has 33 heavy (non-hydrogen) atoms. The highest BCUT2D eigenvalue weighted by atomic mass is 19.4. The summed E-state index contributed by atoms with van der Waals surface area (Å²) in [5.41, 5.74) is -1.65. The molecule has 0 saturated carbocycles. The molecule has 1 atom stereocenters. The van der Waals surface area contributed by atoms with Crippen LogP contribution < -0.4 is 0 Å². The fraction of sp³-hybridized carbons (Fsp3) is 0.250. The van der Waals surface area contributed by atoms with Crippen molar-refractivity contribution in [1.29, 1.82) is 0 Å². The highest BCUT2D eigenvalue weighted by Crippen LogP contribution is 2.39. The maximum absolute atomic E-state index is 13.6. The summed E-state index contributed by atoms with van der Waals surface area (Å²) in [5.74, 6) is -2.03. The summed E-state index contributed by atoms with van der Waals surface area (Å²) in [5, 5.41) is 0. The summed E-state index contributed by atoms with van der Waals surface area (Å²) in [6, 6.07) is 11.0. The molecule has 0 aliphatic heterocycles. The van der Waals surface area contributed by atoms with Gasteiger partial charge in [-0.05, 0) is 53.9 Å². The van der Waals surface area contributed by atoms with Gasteiger partial charge in [0, 0.05) is 25.0 Å². The number of Topliss-reactive ketones (excluding diaryl/α,β-unsaturated/α-hetero) is 1. The van der Waals surface area contributed by atoms with Crippen LogP contribution in [0.3, 0.4) is 0 Å². The number of carbonyl (C=O) groups is 1. The summed E-state index contributed by atoms with van der Waals surface area (Å²) >= 11 is 0. The second kappa shape index (κ2) is 9.72. The molecule has 0 fully saturated rings. The molecule has 0 amide bonds. The molecule has 0 N–H and O–H groups in total. The number of pyridine rings is 1. The first-order valence-corrected chi connectivity index (χ1v) is 9.90. The van der Waals surface area contributed by atoms with Crippen molar-refractivity contribution in [2.24, 2.45) is 0 Å². The number of aryl methyl sites for hydroxylation is 1. The Labute approximate surface area is 185 Å². The van der Waals surface area contributed by atoms with Crippen molar-refractivity contribution in [3.8, 4) is 0 Å². The second-order valence-electron chi connectivity index (χ2n) is 7.48. The number of alkyl halides is 6. The van der Waals surface area contributed by atoms with E-state index in [2.05, 4.69) is 4.98 Å². The Bertz CT molecular complexity index is 1090. The van der Waals surface area contributed by atoms with Crippen molar-refractivity contribution in [3.05, 3.63) is 101 Å². The highest BCUT2D eigenvalue weighted by Gasteiger charge is 2.37. The zero-order chi connectivity index (χ0) is 24.2. The van der Waals surface area contributed by atoms with Gasteiger partial charge in [-0.15, -0.1) is 0 Å². The van der Waals surface area contributed by atoms with Gasteiger partial charge in [-0.3, -0.25) is 9.78 Å². The Morgan fingerprint density at radius 3 is 2.06 bits per heavy atom. The van der Waals surface area contributed by atoms with E-state index < -0.39 is 46.7 Å². The van der Waals surface area contributed by atoms with E-state index in [9.17, 15) is 35.5 Å². The molecule has 0 aliphatic rings. The van der Waals surface area contributed by atoms with Crippen molar-refractivity contribution in [3.63, 3.8) is 0 Å². The van der Waals surface area contributed by atoms with Gasteiger partial charge >= 0.3 is 12.4 Å². The van der Waals surface area contributed by atoms with Crippen LogP contribution in [0, 0.1) is 5.82 Å². The molecule has 0 bridgehead atoms. The minimum absolute atomic E-state index is 0.0308. The predicted octanol–water partition coefficient (Wildman–Crippen LogP) is 6.98. The number of halogens is 7. The van der Waals surface area contributed by atoms with E-state index in [1.165, 1.54) is 24.3 Å². The predicted molar refractivity (Wildman–Crippen MR) is 107 cm³/mol. The lowest BCUT2D eigenvalue weighted by molar-refractivity contribution is -0.139. The Morgan fingerprint density at radius 1 is 0.848 bits per heavy atom. The molecule has 9 heteroatoms. The third-order valence-corrected chi connectivity index (χ3v) is 5.15. The van der Waals surface area contributed by atoms with E-state index in [4.69, 9.17) is 0 Å². The molecule has 0 unspecified atom stereocenters. The monoisotopic (exact) mass is 469 g/mol. The minimum Gasteiger partial charge on any atom is -0.300 e. The zero-order valence-corrected chi connectivity index (χ0v) is 17.1. The largest absolute Gasteiger partial charge is 0.418 e. The van der Waals surface area contributed by atoms with Gasteiger partial charge in [0.1, 0.15) is 11.6 Å². The molecule has 1 heterocycles. The van der Waals surface area contributed by atoms with Crippen LogP contribution in [0.5, 0.6) is 0 Å². The van der Waals surface area contributed by atoms with Crippen molar-refractivity contribution < 1.29 is 35.5 Å². The van der Waals surface area contributed by atoms with E-state index in [1.54, 1.807) is 0 Å². The van der Waals surface area contributed by atoms with Crippen molar-refractivity contribution in [2.75, 3.05) is 0 Å². The van der Waals surface area contributed by atoms with Gasteiger partial charge < -0.3 is 0 Å². The van der Waals surface area contributed by atoms with Crippen molar-refractivity contribution in [2.45, 2.75) is 37.5 Å². The molecular formula is C24H18F7NO. The molecule has 2 nitrogen and oxygen atoms in total. The Kier molecular flexibility index (Phi) is 7.19. The summed E-state index contributed by atoms with van der Waals surface area (Å²) in [6.07, 6.45) is -8.40. The van der Waals surface area contributed by atoms with Crippen LogP contribution in [-0.4, -0.2) is 10.8 Å². The molecule has 3 aromatic rings. The van der Waals surface area contributed by atoms with Gasteiger partial charge in [-0.2, -0.15) is 26.3 Å². The fourth-order valence-corrected chi connectivity index (χ4v) is 3.48. The zero-order valence-electron chi connectivity index (χ0n) is 17.1. The van der Waals surface area contributed by atoms with E-state index in [0.29, 0.717) is 5.56 Å². The second-order valence-corrected chi connectivity index (χ2v) is 7.48. The van der Waals surface area contributed by atoms with Gasteiger partial charge in [-0.1, -0.05) is 24.3 Å². The third-order valence-electron chi connectivity index (χ3n) is 5.15. The van der Waals surface area contributed by atoms with E-state index >= 15 is 0 Å². The lowest BCUT2D eigenvalue weighted by Crippen LogP contribution is -2.17. The number of benzene rings is 2. The molecule has 0 saturated heterocycles. The lowest BCUT2D eigenvalue weighted by Gasteiger charge is -2.21. The van der Waals surface area contributed by atoms with Crippen LogP contribution in [0.25, 0.3) is 0 Å². The Morgan fingerprint density at radius 2 is 1.48 bits per heavy atom. The summed E-state index contributed by atoms with van der Waals surface area (Å²) < 4.78 is 92.5. The van der Waals surface area contributed by atoms with Crippen LogP contribution in [-0.2, 0) is 23.6 Å². The Hall–Kier alpha value is -3.23. The number of nitrogens with zero attached hydrogens (tertiary/aromatic N) is 1. The first-order chi connectivity index (χ1) is 15.4. The van der Waals surface area contributed by atoms with Crippen LogP contribution in [0.1, 0.15) is 46.7 Å². The maximum atomic E-state index is 13.6. The first-order valence-electron chi connectivity index (χ1n) is 9.90. The van der Waals surface area contributed by atoms with Gasteiger partial charge in [0.15, 0.2) is 0 Å². The van der Waals surface area contributed by atoms with Crippen molar-refractivity contribution >= 4 is 5.78 Å². The van der Waals surface area contributed by atoms with Gasteiger partial charge in [-0.25, -0.2) is 4.39 Å². The minimum atomic E-state index is -4.76. The quantitative estimate of drug-likeness (QED) is 0.350. The number of aromatic nitrogens is 1. The molecule has 174 valence electrons. The molecule has 0 aliphatic carbocycles. The first kappa shape index (κ1) is 24.4. The fourth-order valence-electron chi connectivity index (χ4n) is 3.48. The maximum Gasteiger partial charge on any atom is 0.418 e. The van der Waals surface area contributed by atoms with E-state index in [0.717, 1.165) is 42.6 Å². The average Bonchev–Trinajstić information content (AvgIpc) is 2.76. The van der Waals surface area contributed by atoms with Crippen LogP contribution in [0.4, 0.5) is 30.7 Å². The van der Waals surface area contributed by atoms with Crippen molar-refractivity contribution in [1.82, 2.24) is 4.98 Å². The molecule has 2 aromatic carbocycles. The molecule has 3 rings (SSSR count). The lowest BCUT2D eigenvalue weighted by atomic mass is 9.86. The topological polar surface area (TPSA) is 30.0 Å². The van der Waals surface area contributed by atoms with E-state index in [-0.39, 0.29) is 24.8 Å². The summed E-state index contributed by atoms with van der Waals surface area (Å²) in [4.78, 5) is 16.5. The standard InChI is InChI=1S/C24H18F7NO/c25-18-10-3-15(4-11-18)5-12-19(33)14-20(16-6-8-17(9-7-16)23(26,27)28)22-21(24(29,30)31)2-1-13-32-22/h1-4,6-11,13,20H,5,12,14H2/t20-/m0/s1. The smallest absolute Gasteiger partial charge is 0.300 e.